The van der Waals surface area contributed by atoms with Crippen molar-refractivity contribution in [2.45, 2.75) is 46.2 Å². The summed E-state index contributed by atoms with van der Waals surface area (Å²) in [4.78, 5) is 19.7. The number of aromatic nitrogens is 4. The lowest BCUT2D eigenvalue weighted by atomic mass is 9.95. The summed E-state index contributed by atoms with van der Waals surface area (Å²) >= 11 is 0. The normalized spacial score (nSPS) is 13.9. The molecule has 1 aromatic carbocycles. The maximum atomic E-state index is 13.2. The highest BCUT2D eigenvalue weighted by atomic mass is 16.5. The fourth-order valence-electron chi connectivity index (χ4n) is 4.81. The van der Waals surface area contributed by atoms with Crippen LogP contribution in [-0.4, -0.2) is 56.8 Å². The molecule has 0 aliphatic carbocycles. The van der Waals surface area contributed by atoms with Gasteiger partial charge >= 0.3 is 0 Å². The molecule has 5 rings (SSSR count). The zero-order valence-corrected chi connectivity index (χ0v) is 21.6. The fourth-order valence-corrected chi connectivity index (χ4v) is 4.81. The summed E-state index contributed by atoms with van der Waals surface area (Å²) in [5.74, 6) is 1.77. The SMILES string of the molecule is COCCOc1cc2c(-c3ccc(CN4CCn5c(cnc5C(C)(C)C)C4=O)c(C)c3)ccnn2c1. The molecule has 8 heteroatoms. The van der Waals surface area contributed by atoms with Crippen LogP contribution >= 0.6 is 0 Å². The molecule has 188 valence electrons. The molecule has 1 amide bonds. The second-order valence-corrected chi connectivity index (χ2v) is 10.3. The molecule has 1 aliphatic rings. The topological polar surface area (TPSA) is 73.9 Å². The van der Waals surface area contributed by atoms with Gasteiger partial charge in [0, 0.05) is 50.0 Å². The van der Waals surface area contributed by atoms with E-state index < -0.39 is 0 Å². The summed E-state index contributed by atoms with van der Waals surface area (Å²) in [5, 5.41) is 4.43. The van der Waals surface area contributed by atoms with Gasteiger partial charge in [-0.25, -0.2) is 9.50 Å². The van der Waals surface area contributed by atoms with Crippen LogP contribution in [0.3, 0.4) is 0 Å². The Labute approximate surface area is 211 Å². The first-order chi connectivity index (χ1) is 17.3. The van der Waals surface area contributed by atoms with Crippen LogP contribution in [0.1, 0.15) is 48.2 Å². The number of rotatable bonds is 7. The van der Waals surface area contributed by atoms with Crippen molar-refractivity contribution in [1.29, 1.82) is 0 Å². The second kappa shape index (κ2) is 9.43. The first-order valence-corrected chi connectivity index (χ1v) is 12.3. The van der Waals surface area contributed by atoms with E-state index in [1.807, 2.05) is 27.7 Å². The van der Waals surface area contributed by atoms with Crippen molar-refractivity contribution in [3.63, 3.8) is 0 Å². The molecule has 0 spiro atoms. The van der Waals surface area contributed by atoms with Gasteiger partial charge in [-0.05, 0) is 29.7 Å². The Morgan fingerprint density at radius 2 is 1.92 bits per heavy atom. The van der Waals surface area contributed by atoms with Crippen LogP contribution in [0, 0.1) is 6.92 Å². The zero-order valence-electron chi connectivity index (χ0n) is 21.6. The van der Waals surface area contributed by atoms with Gasteiger partial charge < -0.3 is 18.9 Å². The molecule has 0 atom stereocenters. The monoisotopic (exact) mass is 487 g/mol. The number of aryl methyl sites for hydroxylation is 1. The standard InChI is InChI=1S/C28H33N5O3/c1-19-14-20(23-8-9-30-33-18-22(15-24(23)33)36-13-12-35-5)6-7-21(19)17-31-10-11-32-25(26(31)34)16-29-27(32)28(2,3)4/h6-9,14-16,18H,10-13,17H2,1-5H3. The maximum absolute atomic E-state index is 13.2. The molecule has 0 radical (unpaired) electrons. The predicted octanol–water partition coefficient (Wildman–Crippen LogP) is 4.48. The van der Waals surface area contributed by atoms with E-state index in [4.69, 9.17) is 9.47 Å². The van der Waals surface area contributed by atoms with Crippen molar-refractivity contribution in [3.05, 3.63) is 71.6 Å². The van der Waals surface area contributed by atoms with Crippen molar-refractivity contribution in [2.75, 3.05) is 26.9 Å². The lowest BCUT2D eigenvalue weighted by Crippen LogP contribution is -2.40. The van der Waals surface area contributed by atoms with Crippen LogP contribution in [0.25, 0.3) is 16.6 Å². The van der Waals surface area contributed by atoms with E-state index in [1.165, 1.54) is 0 Å². The van der Waals surface area contributed by atoms with Crippen molar-refractivity contribution < 1.29 is 14.3 Å². The van der Waals surface area contributed by atoms with Crippen molar-refractivity contribution in [1.82, 2.24) is 24.1 Å². The Balaban J connectivity index is 1.36. The number of nitrogens with zero attached hydrogens (tertiary/aromatic N) is 5. The molecule has 1 aliphatic heterocycles. The Bertz CT molecular complexity index is 1410. The van der Waals surface area contributed by atoms with E-state index in [0.717, 1.165) is 45.9 Å². The molecule has 0 N–H and O–H groups in total. The van der Waals surface area contributed by atoms with E-state index in [9.17, 15) is 4.79 Å². The van der Waals surface area contributed by atoms with Gasteiger partial charge in [0.05, 0.1) is 24.5 Å². The van der Waals surface area contributed by atoms with Crippen LogP contribution < -0.4 is 4.74 Å². The average molecular weight is 488 g/mol. The second-order valence-electron chi connectivity index (χ2n) is 10.3. The lowest BCUT2D eigenvalue weighted by molar-refractivity contribution is 0.0688. The predicted molar refractivity (Wildman–Crippen MR) is 138 cm³/mol. The minimum Gasteiger partial charge on any atom is -0.489 e. The first kappa shape index (κ1) is 24.1. The number of carbonyl (C=O) groups excluding carboxylic acids is 1. The Morgan fingerprint density at radius 3 is 2.67 bits per heavy atom. The highest BCUT2D eigenvalue weighted by molar-refractivity contribution is 5.93. The smallest absolute Gasteiger partial charge is 0.272 e. The molecule has 4 heterocycles. The zero-order chi connectivity index (χ0) is 25.4. The summed E-state index contributed by atoms with van der Waals surface area (Å²) in [7, 11) is 1.66. The average Bonchev–Trinajstić information content (AvgIpc) is 3.46. The molecular weight excluding hydrogens is 454 g/mol. The fraction of sp³-hybridized carbons (Fsp3) is 0.393. The third kappa shape index (κ3) is 4.48. The molecule has 0 unspecified atom stereocenters. The molecule has 0 fully saturated rings. The molecule has 0 bridgehead atoms. The summed E-state index contributed by atoms with van der Waals surface area (Å²) in [6.07, 6.45) is 5.41. The maximum Gasteiger partial charge on any atom is 0.272 e. The van der Waals surface area contributed by atoms with Crippen molar-refractivity contribution in [3.8, 4) is 16.9 Å². The highest BCUT2D eigenvalue weighted by Crippen LogP contribution is 2.30. The van der Waals surface area contributed by atoms with Gasteiger partial charge in [-0.3, -0.25) is 4.79 Å². The van der Waals surface area contributed by atoms with Gasteiger partial charge in [-0.2, -0.15) is 5.10 Å². The van der Waals surface area contributed by atoms with E-state index in [-0.39, 0.29) is 11.3 Å². The number of carbonyl (C=O) groups is 1. The van der Waals surface area contributed by atoms with E-state index in [2.05, 4.69) is 60.5 Å². The van der Waals surface area contributed by atoms with Crippen molar-refractivity contribution in [2.24, 2.45) is 0 Å². The van der Waals surface area contributed by atoms with Crippen LogP contribution in [0.5, 0.6) is 5.75 Å². The Morgan fingerprint density at radius 1 is 1.08 bits per heavy atom. The highest BCUT2D eigenvalue weighted by Gasteiger charge is 2.31. The molecule has 8 nitrogen and oxygen atoms in total. The first-order valence-electron chi connectivity index (χ1n) is 12.3. The Hall–Kier alpha value is -3.65. The number of hydrogen-bond donors (Lipinski definition) is 0. The third-order valence-corrected chi connectivity index (χ3v) is 6.68. The largest absolute Gasteiger partial charge is 0.489 e. The minimum atomic E-state index is -0.0949. The number of fused-ring (bicyclic) bond motifs is 2. The van der Waals surface area contributed by atoms with Crippen LogP contribution in [0.2, 0.25) is 0 Å². The molecule has 0 saturated heterocycles. The number of benzene rings is 1. The minimum absolute atomic E-state index is 0.0396. The molecule has 3 aromatic heterocycles. The number of amides is 1. The number of imidazole rings is 1. The molecule has 36 heavy (non-hydrogen) atoms. The summed E-state index contributed by atoms with van der Waals surface area (Å²) in [6, 6.07) is 10.4. The van der Waals surface area contributed by atoms with Gasteiger partial charge in [-0.1, -0.05) is 39.0 Å². The summed E-state index contributed by atoms with van der Waals surface area (Å²) < 4.78 is 14.8. The van der Waals surface area contributed by atoms with Crippen LogP contribution in [0.4, 0.5) is 0 Å². The lowest BCUT2D eigenvalue weighted by Gasteiger charge is -2.31. The van der Waals surface area contributed by atoms with Crippen LogP contribution in [-0.2, 0) is 23.2 Å². The number of ether oxygens (including phenoxy) is 2. The van der Waals surface area contributed by atoms with Gasteiger partial charge in [0.2, 0.25) is 0 Å². The Kier molecular flexibility index (Phi) is 6.30. The van der Waals surface area contributed by atoms with Gasteiger partial charge in [0.15, 0.2) is 0 Å². The van der Waals surface area contributed by atoms with E-state index in [0.29, 0.717) is 32.0 Å². The molecule has 4 aromatic rings. The van der Waals surface area contributed by atoms with Gasteiger partial charge in [0.25, 0.3) is 5.91 Å². The summed E-state index contributed by atoms with van der Waals surface area (Å²) in [6.45, 7) is 11.5. The third-order valence-electron chi connectivity index (χ3n) is 6.68. The van der Waals surface area contributed by atoms with Gasteiger partial charge in [0.1, 0.15) is 23.9 Å². The van der Waals surface area contributed by atoms with Crippen LogP contribution in [0.15, 0.2) is 48.9 Å². The van der Waals surface area contributed by atoms with E-state index in [1.54, 1.807) is 19.5 Å². The summed E-state index contributed by atoms with van der Waals surface area (Å²) in [5.41, 5.74) is 6.02. The van der Waals surface area contributed by atoms with E-state index >= 15 is 0 Å². The quantitative estimate of drug-likeness (QED) is 0.359. The van der Waals surface area contributed by atoms with Crippen molar-refractivity contribution >= 4 is 11.4 Å². The molecular formula is C28H33N5O3. The number of hydrogen-bond acceptors (Lipinski definition) is 5. The molecule has 0 saturated carbocycles. The number of methoxy groups -OCH3 is 1. The van der Waals surface area contributed by atoms with Gasteiger partial charge in [-0.15, -0.1) is 0 Å².